The molecule has 1 atom stereocenters. The van der Waals surface area contributed by atoms with Gasteiger partial charge in [0.05, 0.1) is 11.0 Å². The van der Waals surface area contributed by atoms with Crippen molar-refractivity contribution in [1.82, 2.24) is 4.98 Å². The molecule has 0 aliphatic carbocycles. The SMILES string of the molecule is C#CC(C)Nc1ncc([N+](=O)[O-])cc1C. The molecule has 0 spiro atoms. The Morgan fingerprint density at radius 3 is 2.87 bits per heavy atom. The predicted octanol–water partition coefficient (Wildman–Crippen LogP) is 1.73. The minimum atomic E-state index is -0.478. The minimum Gasteiger partial charge on any atom is -0.356 e. The first kappa shape index (κ1) is 11.0. The largest absolute Gasteiger partial charge is 0.356 e. The van der Waals surface area contributed by atoms with Gasteiger partial charge in [0, 0.05) is 6.07 Å². The summed E-state index contributed by atoms with van der Waals surface area (Å²) in [6.07, 6.45) is 6.41. The molecule has 0 aliphatic heterocycles. The van der Waals surface area contributed by atoms with Crippen LogP contribution in [-0.2, 0) is 0 Å². The van der Waals surface area contributed by atoms with Gasteiger partial charge >= 0.3 is 0 Å². The Bertz CT molecular complexity index is 423. The second kappa shape index (κ2) is 4.42. The third kappa shape index (κ3) is 2.68. The minimum absolute atomic E-state index is 0.0218. The van der Waals surface area contributed by atoms with Gasteiger partial charge in [0.2, 0.25) is 0 Å². The van der Waals surface area contributed by atoms with Gasteiger partial charge in [-0.2, -0.15) is 0 Å². The lowest BCUT2D eigenvalue weighted by atomic mass is 10.2. The van der Waals surface area contributed by atoms with E-state index in [1.54, 1.807) is 6.92 Å². The van der Waals surface area contributed by atoms with E-state index in [4.69, 9.17) is 6.42 Å². The second-order valence-electron chi connectivity index (χ2n) is 3.15. The summed E-state index contributed by atoms with van der Waals surface area (Å²) in [5.41, 5.74) is 0.678. The Kier molecular flexibility index (Phi) is 3.24. The highest BCUT2D eigenvalue weighted by Crippen LogP contribution is 2.18. The van der Waals surface area contributed by atoms with Gasteiger partial charge in [-0.05, 0) is 19.4 Å². The summed E-state index contributed by atoms with van der Waals surface area (Å²) >= 11 is 0. The molecule has 5 heteroatoms. The Morgan fingerprint density at radius 1 is 1.73 bits per heavy atom. The average molecular weight is 205 g/mol. The Balaban J connectivity index is 2.94. The number of hydrogen-bond donors (Lipinski definition) is 1. The fraction of sp³-hybridized carbons (Fsp3) is 0.300. The van der Waals surface area contributed by atoms with Gasteiger partial charge in [-0.1, -0.05) is 5.92 Å². The van der Waals surface area contributed by atoms with E-state index in [-0.39, 0.29) is 11.7 Å². The molecule has 5 nitrogen and oxygen atoms in total. The van der Waals surface area contributed by atoms with Crippen LogP contribution >= 0.6 is 0 Å². The van der Waals surface area contributed by atoms with E-state index >= 15 is 0 Å². The third-order valence-electron chi connectivity index (χ3n) is 1.88. The molecule has 0 saturated heterocycles. The highest BCUT2D eigenvalue weighted by atomic mass is 16.6. The molecule has 1 aromatic heterocycles. The lowest BCUT2D eigenvalue weighted by Gasteiger charge is -2.10. The van der Waals surface area contributed by atoms with E-state index in [1.807, 2.05) is 6.92 Å². The van der Waals surface area contributed by atoms with E-state index < -0.39 is 4.92 Å². The van der Waals surface area contributed by atoms with Crippen molar-refractivity contribution in [1.29, 1.82) is 0 Å². The van der Waals surface area contributed by atoms with Crippen molar-refractivity contribution in [2.45, 2.75) is 19.9 Å². The number of pyridine rings is 1. The molecule has 0 fully saturated rings. The maximum absolute atomic E-state index is 10.5. The average Bonchev–Trinajstić information content (AvgIpc) is 2.20. The van der Waals surface area contributed by atoms with Crippen molar-refractivity contribution >= 4 is 11.5 Å². The van der Waals surface area contributed by atoms with Crippen LogP contribution in [0.3, 0.4) is 0 Å². The zero-order valence-corrected chi connectivity index (χ0v) is 8.52. The van der Waals surface area contributed by atoms with Crippen molar-refractivity contribution in [2.24, 2.45) is 0 Å². The van der Waals surface area contributed by atoms with Gasteiger partial charge in [0.1, 0.15) is 12.0 Å². The molecule has 0 radical (unpaired) electrons. The van der Waals surface area contributed by atoms with Crippen LogP contribution < -0.4 is 5.32 Å². The standard InChI is InChI=1S/C10H11N3O2/c1-4-8(3)12-10-7(2)5-9(6-11-10)13(14)15/h1,5-6,8H,2-3H3,(H,11,12). The van der Waals surface area contributed by atoms with Crippen molar-refractivity contribution in [3.05, 3.63) is 27.9 Å². The molecule has 1 rings (SSSR count). The molecule has 15 heavy (non-hydrogen) atoms. The van der Waals surface area contributed by atoms with Crippen LogP contribution in [0, 0.1) is 29.4 Å². The first-order valence-electron chi connectivity index (χ1n) is 4.38. The normalized spacial score (nSPS) is 11.5. The van der Waals surface area contributed by atoms with Gasteiger partial charge in [0.15, 0.2) is 0 Å². The lowest BCUT2D eigenvalue weighted by Crippen LogP contribution is -2.14. The summed E-state index contributed by atoms with van der Waals surface area (Å²) in [5, 5.41) is 13.4. The number of rotatable bonds is 3. The number of nitrogens with zero attached hydrogens (tertiary/aromatic N) is 2. The summed E-state index contributed by atoms with van der Waals surface area (Å²) in [5.74, 6) is 3.07. The van der Waals surface area contributed by atoms with Gasteiger partial charge in [-0.15, -0.1) is 6.42 Å². The van der Waals surface area contributed by atoms with Crippen LogP contribution in [0.25, 0.3) is 0 Å². The quantitative estimate of drug-likeness (QED) is 0.463. The zero-order valence-electron chi connectivity index (χ0n) is 8.52. The maximum atomic E-state index is 10.5. The molecule has 1 unspecified atom stereocenters. The van der Waals surface area contributed by atoms with Crippen molar-refractivity contribution < 1.29 is 4.92 Å². The number of aryl methyl sites for hydroxylation is 1. The van der Waals surface area contributed by atoms with Gasteiger partial charge < -0.3 is 5.32 Å². The fourth-order valence-corrected chi connectivity index (χ4v) is 1.06. The van der Waals surface area contributed by atoms with E-state index in [0.29, 0.717) is 11.4 Å². The van der Waals surface area contributed by atoms with Crippen molar-refractivity contribution in [2.75, 3.05) is 5.32 Å². The van der Waals surface area contributed by atoms with Crippen LogP contribution in [-0.4, -0.2) is 15.9 Å². The molecule has 1 N–H and O–H groups in total. The van der Waals surface area contributed by atoms with Crippen LogP contribution in [0.15, 0.2) is 12.3 Å². The van der Waals surface area contributed by atoms with Crippen LogP contribution in [0.1, 0.15) is 12.5 Å². The molecule has 0 aromatic carbocycles. The zero-order chi connectivity index (χ0) is 11.4. The number of nitro groups is 1. The summed E-state index contributed by atoms with van der Waals surface area (Å²) in [4.78, 5) is 13.9. The van der Waals surface area contributed by atoms with Crippen LogP contribution in [0.5, 0.6) is 0 Å². The first-order valence-corrected chi connectivity index (χ1v) is 4.38. The third-order valence-corrected chi connectivity index (χ3v) is 1.88. The Hall–Kier alpha value is -2.09. The van der Waals surface area contributed by atoms with Crippen molar-refractivity contribution in [3.63, 3.8) is 0 Å². The number of nitrogens with one attached hydrogen (secondary N) is 1. The lowest BCUT2D eigenvalue weighted by molar-refractivity contribution is -0.385. The number of terminal acetylenes is 1. The molecule has 0 aliphatic rings. The van der Waals surface area contributed by atoms with E-state index in [2.05, 4.69) is 16.2 Å². The monoisotopic (exact) mass is 205 g/mol. The van der Waals surface area contributed by atoms with Gasteiger partial charge in [-0.25, -0.2) is 4.98 Å². The molecular formula is C10H11N3O2. The number of hydrogen-bond acceptors (Lipinski definition) is 4. The molecule has 1 heterocycles. The predicted molar refractivity (Wildman–Crippen MR) is 57.5 cm³/mol. The summed E-state index contributed by atoms with van der Waals surface area (Å²) < 4.78 is 0. The Morgan fingerprint density at radius 2 is 2.40 bits per heavy atom. The van der Waals surface area contributed by atoms with E-state index in [1.165, 1.54) is 12.3 Å². The molecule has 0 saturated carbocycles. The smallest absolute Gasteiger partial charge is 0.287 e. The number of anilines is 1. The molecular weight excluding hydrogens is 194 g/mol. The second-order valence-corrected chi connectivity index (χ2v) is 3.15. The highest BCUT2D eigenvalue weighted by molar-refractivity contribution is 5.49. The Labute approximate surface area is 87.7 Å². The fourth-order valence-electron chi connectivity index (χ4n) is 1.06. The van der Waals surface area contributed by atoms with Gasteiger partial charge in [-0.3, -0.25) is 10.1 Å². The van der Waals surface area contributed by atoms with Gasteiger partial charge in [0.25, 0.3) is 5.69 Å². The van der Waals surface area contributed by atoms with Crippen LogP contribution in [0.2, 0.25) is 0 Å². The number of aromatic nitrogens is 1. The molecule has 0 bridgehead atoms. The summed E-state index contributed by atoms with van der Waals surface area (Å²) in [7, 11) is 0. The maximum Gasteiger partial charge on any atom is 0.287 e. The topological polar surface area (TPSA) is 68.1 Å². The van der Waals surface area contributed by atoms with E-state index in [9.17, 15) is 10.1 Å². The summed E-state index contributed by atoms with van der Waals surface area (Å²) in [6.45, 7) is 3.55. The summed E-state index contributed by atoms with van der Waals surface area (Å²) in [6, 6.07) is 1.30. The molecule has 0 amide bonds. The molecule has 78 valence electrons. The highest BCUT2D eigenvalue weighted by Gasteiger charge is 2.09. The van der Waals surface area contributed by atoms with Crippen LogP contribution in [0.4, 0.5) is 11.5 Å². The van der Waals surface area contributed by atoms with Crippen molar-refractivity contribution in [3.8, 4) is 12.3 Å². The molecule has 1 aromatic rings. The first-order chi connectivity index (χ1) is 7.04. The van der Waals surface area contributed by atoms with E-state index in [0.717, 1.165) is 0 Å².